The van der Waals surface area contributed by atoms with Gasteiger partial charge in [-0.05, 0) is 36.8 Å². The van der Waals surface area contributed by atoms with Gasteiger partial charge in [0.2, 0.25) is 0 Å². The minimum absolute atomic E-state index is 0.219. The molecule has 0 aliphatic rings. The zero-order valence-electron chi connectivity index (χ0n) is 10.9. The summed E-state index contributed by atoms with van der Waals surface area (Å²) in [6.45, 7) is 7.85. The van der Waals surface area contributed by atoms with Crippen LogP contribution < -0.4 is 5.73 Å². The van der Waals surface area contributed by atoms with Crippen LogP contribution >= 0.6 is 0 Å². The van der Waals surface area contributed by atoms with Crippen molar-refractivity contribution in [2.75, 3.05) is 0 Å². The van der Waals surface area contributed by atoms with E-state index in [1.165, 1.54) is 18.4 Å². The predicted octanol–water partition coefficient (Wildman–Crippen LogP) is 3.72. The van der Waals surface area contributed by atoms with Crippen molar-refractivity contribution in [3.05, 3.63) is 24.0 Å². The third kappa shape index (κ3) is 4.40. The standard InChI is InChI=1S/C14H26N2/c1-4-6-14(15)13-8-10-16(11-13)9-5-7-12(2)3/h8,10-12,14H,4-7,9,15H2,1-3H3. The fourth-order valence-electron chi connectivity index (χ4n) is 1.98. The number of nitrogens with two attached hydrogens (primary N) is 1. The molecule has 1 rings (SSSR count). The maximum Gasteiger partial charge on any atom is 0.0309 e. The van der Waals surface area contributed by atoms with Crippen molar-refractivity contribution in [3.8, 4) is 0 Å². The van der Waals surface area contributed by atoms with Gasteiger partial charge in [-0.15, -0.1) is 0 Å². The SMILES string of the molecule is CCCC(N)c1ccn(CCCC(C)C)c1. The average molecular weight is 222 g/mol. The Balaban J connectivity index is 2.39. The molecule has 2 heteroatoms. The van der Waals surface area contributed by atoms with Crippen molar-refractivity contribution >= 4 is 0 Å². The van der Waals surface area contributed by atoms with E-state index in [0.29, 0.717) is 0 Å². The van der Waals surface area contributed by atoms with Crippen LogP contribution in [0.1, 0.15) is 58.1 Å². The highest BCUT2D eigenvalue weighted by Gasteiger charge is 2.06. The van der Waals surface area contributed by atoms with Crippen molar-refractivity contribution < 1.29 is 0 Å². The van der Waals surface area contributed by atoms with Crippen LogP contribution in [0.4, 0.5) is 0 Å². The molecule has 1 heterocycles. The lowest BCUT2D eigenvalue weighted by Crippen LogP contribution is -2.08. The summed E-state index contributed by atoms with van der Waals surface area (Å²) in [6.07, 6.45) is 9.16. The van der Waals surface area contributed by atoms with E-state index in [4.69, 9.17) is 5.73 Å². The summed E-state index contributed by atoms with van der Waals surface area (Å²) in [5.41, 5.74) is 7.37. The smallest absolute Gasteiger partial charge is 0.0309 e. The van der Waals surface area contributed by atoms with E-state index in [0.717, 1.165) is 25.3 Å². The fourth-order valence-corrected chi connectivity index (χ4v) is 1.98. The van der Waals surface area contributed by atoms with Crippen LogP contribution in [-0.4, -0.2) is 4.57 Å². The number of hydrogen-bond acceptors (Lipinski definition) is 1. The Morgan fingerprint density at radius 1 is 1.31 bits per heavy atom. The number of aromatic nitrogens is 1. The number of hydrogen-bond donors (Lipinski definition) is 1. The lowest BCUT2D eigenvalue weighted by atomic mass is 10.1. The van der Waals surface area contributed by atoms with Crippen LogP contribution in [0, 0.1) is 5.92 Å². The molecule has 0 amide bonds. The molecule has 2 N–H and O–H groups in total. The molecule has 16 heavy (non-hydrogen) atoms. The predicted molar refractivity (Wildman–Crippen MR) is 70.3 cm³/mol. The molecule has 0 aliphatic carbocycles. The summed E-state index contributed by atoms with van der Waals surface area (Å²) < 4.78 is 2.27. The Hall–Kier alpha value is -0.760. The maximum absolute atomic E-state index is 6.08. The highest BCUT2D eigenvalue weighted by atomic mass is 14.9. The molecule has 1 aromatic heterocycles. The maximum atomic E-state index is 6.08. The molecule has 0 spiro atoms. The number of nitrogens with zero attached hydrogens (tertiary/aromatic N) is 1. The summed E-state index contributed by atoms with van der Waals surface area (Å²) in [4.78, 5) is 0. The van der Waals surface area contributed by atoms with Crippen LogP contribution in [0.3, 0.4) is 0 Å². The first-order valence-electron chi connectivity index (χ1n) is 6.54. The van der Waals surface area contributed by atoms with Crippen molar-refractivity contribution in [3.63, 3.8) is 0 Å². The molecule has 0 bridgehead atoms. The van der Waals surface area contributed by atoms with Crippen molar-refractivity contribution in [1.29, 1.82) is 0 Å². The largest absolute Gasteiger partial charge is 0.354 e. The van der Waals surface area contributed by atoms with Gasteiger partial charge >= 0.3 is 0 Å². The zero-order valence-corrected chi connectivity index (χ0v) is 10.9. The van der Waals surface area contributed by atoms with Crippen LogP contribution in [-0.2, 0) is 6.54 Å². The first-order valence-corrected chi connectivity index (χ1v) is 6.54. The van der Waals surface area contributed by atoms with Crippen LogP contribution in [0.2, 0.25) is 0 Å². The van der Waals surface area contributed by atoms with Crippen LogP contribution in [0.25, 0.3) is 0 Å². The lowest BCUT2D eigenvalue weighted by molar-refractivity contribution is 0.512. The molecule has 1 aromatic rings. The molecular formula is C14H26N2. The monoisotopic (exact) mass is 222 g/mol. The molecule has 0 saturated heterocycles. The second kappa shape index (κ2) is 6.74. The van der Waals surface area contributed by atoms with Gasteiger partial charge in [0.1, 0.15) is 0 Å². The third-order valence-corrected chi connectivity index (χ3v) is 3.00. The summed E-state index contributed by atoms with van der Waals surface area (Å²) in [5, 5.41) is 0. The molecular weight excluding hydrogens is 196 g/mol. The van der Waals surface area contributed by atoms with Gasteiger partial charge in [0.25, 0.3) is 0 Å². The fraction of sp³-hybridized carbons (Fsp3) is 0.714. The average Bonchev–Trinajstić information content (AvgIpc) is 2.66. The molecule has 0 saturated carbocycles. The minimum atomic E-state index is 0.219. The minimum Gasteiger partial charge on any atom is -0.354 e. The van der Waals surface area contributed by atoms with E-state index < -0.39 is 0 Å². The van der Waals surface area contributed by atoms with Gasteiger partial charge < -0.3 is 10.3 Å². The Bertz CT molecular complexity index is 289. The Kier molecular flexibility index (Phi) is 5.61. The molecule has 2 nitrogen and oxygen atoms in total. The van der Waals surface area contributed by atoms with E-state index in [1.807, 2.05) is 0 Å². The Morgan fingerprint density at radius 3 is 2.69 bits per heavy atom. The zero-order chi connectivity index (χ0) is 12.0. The lowest BCUT2D eigenvalue weighted by Gasteiger charge is -2.08. The van der Waals surface area contributed by atoms with E-state index in [1.54, 1.807) is 0 Å². The second-order valence-electron chi connectivity index (χ2n) is 5.11. The van der Waals surface area contributed by atoms with Gasteiger partial charge in [0, 0.05) is 25.0 Å². The van der Waals surface area contributed by atoms with Gasteiger partial charge in [-0.1, -0.05) is 27.2 Å². The van der Waals surface area contributed by atoms with Crippen LogP contribution in [0.15, 0.2) is 18.5 Å². The molecule has 0 fully saturated rings. The second-order valence-corrected chi connectivity index (χ2v) is 5.11. The van der Waals surface area contributed by atoms with Crippen LogP contribution in [0.5, 0.6) is 0 Å². The summed E-state index contributed by atoms with van der Waals surface area (Å²) >= 11 is 0. The number of rotatable bonds is 7. The first kappa shape index (κ1) is 13.3. The highest BCUT2D eigenvalue weighted by Crippen LogP contribution is 2.16. The summed E-state index contributed by atoms with van der Waals surface area (Å²) in [7, 11) is 0. The molecule has 0 radical (unpaired) electrons. The Labute approximate surface area is 99.8 Å². The van der Waals surface area contributed by atoms with Crippen molar-refractivity contribution in [1.82, 2.24) is 4.57 Å². The highest BCUT2D eigenvalue weighted by molar-refractivity contribution is 5.14. The molecule has 0 aliphatic heterocycles. The normalized spacial score (nSPS) is 13.3. The van der Waals surface area contributed by atoms with Gasteiger partial charge in [0.15, 0.2) is 0 Å². The van der Waals surface area contributed by atoms with E-state index in [-0.39, 0.29) is 6.04 Å². The van der Waals surface area contributed by atoms with E-state index in [9.17, 15) is 0 Å². The van der Waals surface area contributed by atoms with Gasteiger partial charge in [-0.25, -0.2) is 0 Å². The topological polar surface area (TPSA) is 30.9 Å². The van der Waals surface area contributed by atoms with Gasteiger partial charge in [0.05, 0.1) is 0 Å². The molecule has 92 valence electrons. The molecule has 0 aromatic carbocycles. The first-order chi connectivity index (χ1) is 7.63. The van der Waals surface area contributed by atoms with Crippen molar-refractivity contribution in [2.45, 2.75) is 59.0 Å². The molecule has 1 atom stereocenters. The van der Waals surface area contributed by atoms with Crippen molar-refractivity contribution in [2.24, 2.45) is 11.7 Å². The van der Waals surface area contributed by atoms with E-state index >= 15 is 0 Å². The quantitative estimate of drug-likeness (QED) is 0.749. The van der Waals surface area contributed by atoms with Gasteiger partial charge in [-0.2, -0.15) is 0 Å². The Morgan fingerprint density at radius 2 is 2.06 bits per heavy atom. The summed E-state index contributed by atoms with van der Waals surface area (Å²) in [6, 6.07) is 2.38. The van der Waals surface area contributed by atoms with E-state index in [2.05, 4.69) is 43.8 Å². The van der Waals surface area contributed by atoms with Gasteiger partial charge in [-0.3, -0.25) is 0 Å². The summed E-state index contributed by atoms with van der Waals surface area (Å²) in [5.74, 6) is 0.803. The number of aryl methyl sites for hydroxylation is 1. The molecule has 1 unspecified atom stereocenters. The third-order valence-electron chi connectivity index (χ3n) is 3.00.